The predicted molar refractivity (Wildman–Crippen MR) is 75.2 cm³/mol. The molecule has 0 aliphatic rings. The zero-order valence-electron chi connectivity index (χ0n) is 11.3. The Labute approximate surface area is 120 Å². The van der Waals surface area contributed by atoms with Gasteiger partial charge in [0.25, 0.3) is 0 Å². The van der Waals surface area contributed by atoms with Gasteiger partial charge in [0.2, 0.25) is 5.91 Å². The molecule has 2 aromatic rings. The highest BCUT2D eigenvalue weighted by atomic mass is 19.1. The summed E-state index contributed by atoms with van der Waals surface area (Å²) in [5, 5.41) is 2.87. The van der Waals surface area contributed by atoms with Gasteiger partial charge < -0.3 is 15.8 Å². The molecule has 21 heavy (non-hydrogen) atoms. The van der Waals surface area contributed by atoms with Gasteiger partial charge in [-0.3, -0.25) is 4.79 Å². The summed E-state index contributed by atoms with van der Waals surface area (Å²) in [6.45, 7) is 0.0960. The Balaban J connectivity index is 2.14. The van der Waals surface area contributed by atoms with Crippen LogP contribution in [-0.2, 0) is 6.54 Å². The molecule has 1 amide bonds. The predicted octanol–water partition coefficient (Wildman–Crippen LogP) is 2.68. The maximum absolute atomic E-state index is 13.6. The lowest BCUT2D eigenvalue weighted by atomic mass is 10.1. The Morgan fingerprint density at radius 2 is 1.95 bits per heavy atom. The van der Waals surface area contributed by atoms with Gasteiger partial charge in [-0.2, -0.15) is 0 Å². The minimum atomic E-state index is -0.633. The molecule has 4 nitrogen and oxygen atoms in total. The molecule has 6 heteroatoms. The van der Waals surface area contributed by atoms with Crippen LogP contribution >= 0.6 is 0 Å². The van der Waals surface area contributed by atoms with Crippen molar-refractivity contribution in [2.45, 2.75) is 6.54 Å². The number of anilines is 1. The number of ether oxygens (including phenoxy) is 1. The summed E-state index contributed by atoms with van der Waals surface area (Å²) in [6, 6.07) is 8.17. The third-order valence-corrected chi connectivity index (χ3v) is 2.96. The van der Waals surface area contributed by atoms with E-state index in [1.54, 1.807) is 6.07 Å². The van der Waals surface area contributed by atoms with Crippen molar-refractivity contribution >= 4 is 11.6 Å². The Morgan fingerprint density at radius 3 is 2.57 bits per heavy atom. The molecular weight excluding hydrogens is 278 g/mol. The Hall–Kier alpha value is -2.63. The van der Waals surface area contributed by atoms with Crippen molar-refractivity contribution in [3.63, 3.8) is 0 Å². The number of nitrogens with one attached hydrogen (secondary N) is 1. The molecule has 0 heterocycles. The van der Waals surface area contributed by atoms with Crippen molar-refractivity contribution < 1.29 is 18.3 Å². The third-order valence-electron chi connectivity index (χ3n) is 2.96. The summed E-state index contributed by atoms with van der Waals surface area (Å²) in [4.78, 5) is 11.1. The van der Waals surface area contributed by atoms with E-state index < -0.39 is 17.5 Å². The lowest BCUT2D eigenvalue weighted by Gasteiger charge is -2.10. The monoisotopic (exact) mass is 292 g/mol. The highest BCUT2D eigenvalue weighted by Gasteiger charge is 2.08. The van der Waals surface area contributed by atoms with E-state index in [2.05, 4.69) is 5.32 Å². The lowest BCUT2D eigenvalue weighted by molar-refractivity contribution is 0.1000. The standard InChI is InChI=1S/C15H14F2N2O2/c1-21-14-5-3-11(7-13(14)17)19-8-10-6-9(15(18)20)2-4-12(10)16/h2-7,19H,8H2,1H3,(H2,18,20). The first-order chi connectivity index (χ1) is 10.0. The van der Waals surface area contributed by atoms with Crippen LogP contribution in [0.15, 0.2) is 36.4 Å². The maximum atomic E-state index is 13.6. The Kier molecular flexibility index (Phi) is 4.37. The molecule has 0 saturated carbocycles. The highest BCUT2D eigenvalue weighted by molar-refractivity contribution is 5.92. The van der Waals surface area contributed by atoms with Crippen LogP contribution in [0.1, 0.15) is 15.9 Å². The van der Waals surface area contributed by atoms with Gasteiger partial charge in [0.1, 0.15) is 5.82 Å². The van der Waals surface area contributed by atoms with Crippen LogP contribution < -0.4 is 15.8 Å². The van der Waals surface area contributed by atoms with Crippen LogP contribution in [0.3, 0.4) is 0 Å². The number of carbonyl (C=O) groups excluding carboxylic acids is 1. The Morgan fingerprint density at radius 1 is 1.19 bits per heavy atom. The smallest absolute Gasteiger partial charge is 0.248 e. The fourth-order valence-electron chi connectivity index (χ4n) is 1.84. The molecule has 0 unspecified atom stereocenters. The highest BCUT2D eigenvalue weighted by Crippen LogP contribution is 2.21. The van der Waals surface area contributed by atoms with Crippen molar-refractivity contribution in [3.8, 4) is 5.75 Å². The van der Waals surface area contributed by atoms with Crippen molar-refractivity contribution in [1.82, 2.24) is 0 Å². The quantitative estimate of drug-likeness (QED) is 0.890. The van der Waals surface area contributed by atoms with Gasteiger partial charge in [-0.15, -0.1) is 0 Å². The molecule has 110 valence electrons. The zero-order valence-corrected chi connectivity index (χ0v) is 11.3. The van der Waals surface area contributed by atoms with Gasteiger partial charge in [-0.05, 0) is 30.3 Å². The molecule has 0 aromatic heterocycles. The van der Waals surface area contributed by atoms with E-state index in [0.717, 1.165) is 0 Å². The number of hydrogen-bond acceptors (Lipinski definition) is 3. The van der Waals surface area contributed by atoms with Crippen LogP contribution in [0.4, 0.5) is 14.5 Å². The summed E-state index contributed by atoms with van der Waals surface area (Å²) in [5.41, 5.74) is 6.10. The summed E-state index contributed by atoms with van der Waals surface area (Å²) >= 11 is 0. The molecule has 0 saturated heterocycles. The van der Waals surface area contributed by atoms with Gasteiger partial charge in [0, 0.05) is 29.4 Å². The topological polar surface area (TPSA) is 64.3 Å². The number of carbonyl (C=O) groups is 1. The molecule has 0 aliphatic heterocycles. The summed E-state index contributed by atoms with van der Waals surface area (Å²) in [6.07, 6.45) is 0. The largest absolute Gasteiger partial charge is 0.494 e. The van der Waals surface area contributed by atoms with E-state index in [4.69, 9.17) is 10.5 Å². The van der Waals surface area contributed by atoms with Crippen molar-refractivity contribution in [2.24, 2.45) is 5.73 Å². The van der Waals surface area contributed by atoms with E-state index in [1.807, 2.05) is 0 Å². The fourth-order valence-corrected chi connectivity index (χ4v) is 1.84. The van der Waals surface area contributed by atoms with Crippen LogP contribution in [0.5, 0.6) is 5.75 Å². The number of halogens is 2. The SMILES string of the molecule is COc1ccc(NCc2cc(C(N)=O)ccc2F)cc1F. The number of amides is 1. The molecular formula is C15H14F2N2O2. The first-order valence-corrected chi connectivity index (χ1v) is 6.17. The van der Waals surface area contributed by atoms with Gasteiger partial charge in [0.15, 0.2) is 11.6 Å². The molecule has 2 rings (SSSR count). The van der Waals surface area contributed by atoms with Crippen molar-refractivity contribution in [2.75, 3.05) is 12.4 Å². The van der Waals surface area contributed by atoms with E-state index in [1.165, 1.54) is 37.4 Å². The number of primary amides is 1. The molecule has 0 atom stereocenters. The zero-order chi connectivity index (χ0) is 15.4. The van der Waals surface area contributed by atoms with E-state index in [0.29, 0.717) is 5.69 Å². The second-order valence-electron chi connectivity index (χ2n) is 4.37. The maximum Gasteiger partial charge on any atom is 0.248 e. The number of rotatable bonds is 5. The fraction of sp³-hybridized carbons (Fsp3) is 0.133. The Bertz CT molecular complexity index is 675. The molecule has 0 radical (unpaired) electrons. The van der Waals surface area contributed by atoms with E-state index in [-0.39, 0.29) is 23.4 Å². The van der Waals surface area contributed by atoms with E-state index >= 15 is 0 Å². The normalized spacial score (nSPS) is 10.2. The first-order valence-electron chi connectivity index (χ1n) is 6.17. The molecule has 0 fully saturated rings. The summed E-state index contributed by atoms with van der Waals surface area (Å²) in [7, 11) is 1.37. The van der Waals surface area contributed by atoms with E-state index in [9.17, 15) is 13.6 Å². The molecule has 0 aliphatic carbocycles. The summed E-state index contributed by atoms with van der Waals surface area (Å²) in [5.74, 6) is -1.50. The van der Waals surface area contributed by atoms with Crippen LogP contribution in [0.25, 0.3) is 0 Å². The molecule has 3 N–H and O–H groups in total. The van der Waals surface area contributed by atoms with Crippen LogP contribution in [0, 0.1) is 11.6 Å². The lowest BCUT2D eigenvalue weighted by Crippen LogP contribution is -2.12. The average molecular weight is 292 g/mol. The van der Waals surface area contributed by atoms with Gasteiger partial charge in [0.05, 0.1) is 7.11 Å². The third kappa shape index (κ3) is 3.47. The molecule has 0 spiro atoms. The van der Waals surface area contributed by atoms with Gasteiger partial charge in [-0.1, -0.05) is 0 Å². The van der Waals surface area contributed by atoms with Gasteiger partial charge >= 0.3 is 0 Å². The second-order valence-corrected chi connectivity index (χ2v) is 4.37. The van der Waals surface area contributed by atoms with Crippen LogP contribution in [-0.4, -0.2) is 13.0 Å². The van der Waals surface area contributed by atoms with Crippen molar-refractivity contribution in [1.29, 1.82) is 0 Å². The minimum Gasteiger partial charge on any atom is -0.494 e. The number of methoxy groups -OCH3 is 1. The second kappa shape index (κ2) is 6.21. The molecule has 2 aromatic carbocycles. The number of hydrogen-bond donors (Lipinski definition) is 2. The minimum absolute atomic E-state index is 0.0960. The van der Waals surface area contributed by atoms with Gasteiger partial charge in [-0.25, -0.2) is 8.78 Å². The average Bonchev–Trinajstić information content (AvgIpc) is 2.46. The summed E-state index contributed by atoms with van der Waals surface area (Å²) < 4.78 is 32.0. The van der Waals surface area contributed by atoms with Crippen molar-refractivity contribution in [3.05, 3.63) is 59.2 Å². The number of nitrogens with two attached hydrogens (primary N) is 1. The first kappa shape index (κ1) is 14.8. The van der Waals surface area contributed by atoms with Crippen LogP contribution in [0.2, 0.25) is 0 Å². The number of benzene rings is 2. The molecule has 0 bridgehead atoms.